The van der Waals surface area contributed by atoms with Crippen LogP contribution in [0, 0.1) is 5.41 Å². The Bertz CT molecular complexity index is 388. The number of ether oxygens (including phenoxy) is 1. The largest absolute Gasteiger partial charge is 0.497 e. The van der Waals surface area contributed by atoms with Crippen LogP contribution in [0.15, 0.2) is 24.3 Å². The predicted octanol–water partition coefficient (Wildman–Crippen LogP) is 2.93. The quantitative estimate of drug-likeness (QED) is 0.819. The van der Waals surface area contributed by atoms with Gasteiger partial charge in [-0.15, -0.1) is 0 Å². The summed E-state index contributed by atoms with van der Waals surface area (Å²) in [5, 5.41) is 3.61. The first-order chi connectivity index (χ1) is 8.84. The maximum Gasteiger partial charge on any atom is 0.119 e. The Hall–Kier alpha value is -1.06. The van der Waals surface area contributed by atoms with Crippen molar-refractivity contribution >= 4 is 0 Å². The third-order valence-electron chi connectivity index (χ3n) is 3.22. The van der Waals surface area contributed by atoms with Crippen molar-refractivity contribution in [2.24, 2.45) is 5.41 Å². The molecular weight excluding hydrogens is 236 g/mol. The molecule has 1 N–H and O–H groups in total. The average molecular weight is 264 g/mol. The highest BCUT2D eigenvalue weighted by Gasteiger charge is 2.19. The molecule has 0 amide bonds. The Morgan fingerprint density at radius 1 is 1.32 bits per heavy atom. The van der Waals surface area contributed by atoms with E-state index in [1.807, 2.05) is 12.1 Å². The molecule has 108 valence electrons. The Morgan fingerprint density at radius 3 is 2.58 bits per heavy atom. The van der Waals surface area contributed by atoms with Crippen LogP contribution in [0.1, 0.15) is 32.4 Å². The highest BCUT2D eigenvalue weighted by molar-refractivity contribution is 5.30. The Labute approximate surface area is 118 Å². The number of hydrogen-bond donors (Lipinski definition) is 1. The normalized spacial score (nSPS) is 13.6. The maximum absolute atomic E-state index is 5.27. The molecule has 0 bridgehead atoms. The summed E-state index contributed by atoms with van der Waals surface area (Å²) < 4.78 is 5.27. The van der Waals surface area contributed by atoms with E-state index in [9.17, 15) is 0 Å². The van der Waals surface area contributed by atoms with Crippen molar-refractivity contribution in [2.45, 2.75) is 26.8 Å². The van der Waals surface area contributed by atoms with Crippen LogP contribution in [0.25, 0.3) is 0 Å². The van der Waals surface area contributed by atoms with Crippen LogP contribution >= 0.6 is 0 Å². The van der Waals surface area contributed by atoms with Crippen LogP contribution < -0.4 is 10.1 Å². The summed E-state index contributed by atoms with van der Waals surface area (Å²) in [7, 11) is 5.94. The minimum atomic E-state index is 0.261. The first kappa shape index (κ1) is 16.0. The van der Waals surface area contributed by atoms with Gasteiger partial charge in [0, 0.05) is 19.1 Å². The molecule has 3 heteroatoms. The number of methoxy groups -OCH3 is 1. The average Bonchev–Trinajstić information content (AvgIpc) is 2.34. The van der Waals surface area contributed by atoms with Crippen LogP contribution in [0.3, 0.4) is 0 Å². The van der Waals surface area contributed by atoms with Gasteiger partial charge in [-0.05, 0) is 44.1 Å². The zero-order chi connectivity index (χ0) is 14.5. The number of nitrogens with one attached hydrogen (secondary N) is 1. The van der Waals surface area contributed by atoms with Crippen molar-refractivity contribution < 1.29 is 4.74 Å². The number of benzene rings is 1. The second-order valence-corrected chi connectivity index (χ2v) is 6.28. The van der Waals surface area contributed by atoms with Crippen molar-refractivity contribution in [3.8, 4) is 5.75 Å². The molecule has 1 atom stereocenters. The van der Waals surface area contributed by atoms with E-state index >= 15 is 0 Å². The molecule has 3 nitrogen and oxygen atoms in total. The highest BCUT2D eigenvalue weighted by Crippen LogP contribution is 2.21. The smallest absolute Gasteiger partial charge is 0.119 e. The van der Waals surface area contributed by atoms with Gasteiger partial charge < -0.3 is 15.0 Å². The zero-order valence-electron chi connectivity index (χ0n) is 13.2. The van der Waals surface area contributed by atoms with E-state index in [-0.39, 0.29) is 5.41 Å². The summed E-state index contributed by atoms with van der Waals surface area (Å²) in [6, 6.07) is 8.58. The first-order valence-electron chi connectivity index (χ1n) is 6.86. The second kappa shape index (κ2) is 6.92. The third-order valence-corrected chi connectivity index (χ3v) is 3.22. The van der Waals surface area contributed by atoms with Crippen molar-refractivity contribution in [1.29, 1.82) is 0 Å². The Morgan fingerprint density at radius 2 is 2.00 bits per heavy atom. The molecule has 0 saturated carbocycles. The summed E-state index contributed by atoms with van der Waals surface area (Å²) in [6.07, 6.45) is 0. The molecular formula is C16H28N2O. The van der Waals surface area contributed by atoms with E-state index in [4.69, 9.17) is 4.74 Å². The molecule has 0 aliphatic rings. The summed E-state index contributed by atoms with van der Waals surface area (Å²) in [5.74, 6) is 0.915. The summed E-state index contributed by atoms with van der Waals surface area (Å²) in [6.45, 7) is 8.84. The molecule has 0 heterocycles. The lowest BCUT2D eigenvalue weighted by atomic mass is 9.92. The van der Waals surface area contributed by atoms with E-state index in [0.717, 1.165) is 18.8 Å². The molecule has 1 aromatic carbocycles. The SMILES string of the molecule is COc1cccc(C(C)NCC(C)(C)CN(C)C)c1. The molecule has 0 aliphatic heterocycles. The van der Waals surface area contributed by atoms with E-state index in [2.05, 4.69) is 57.2 Å². The first-order valence-corrected chi connectivity index (χ1v) is 6.86. The van der Waals surface area contributed by atoms with Crippen LogP contribution in [0.4, 0.5) is 0 Å². The predicted molar refractivity (Wildman–Crippen MR) is 81.7 cm³/mol. The molecule has 0 radical (unpaired) electrons. The van der Waals surface area contributed by atoms with E-state index in [1.54, 1.807) is 7.11 Å². The molecule has 0 aliphatic carbocycles. The van der Waals surface area contributed by atoms with Gasteiger partial charge >= 0.3 is 0 Å². The third kappa shape index (κ3) is 5.62. The van der Waals surface area contributed by atoms with Gasteiger partial charge in [-0.1, -0.05) is 26.0 Å². The minimum Gasteiger partial charge on any atom is -0.497 e. The fourth-order valence-electron chi connectivity index (χ4n) is 2.37. The van der Waals surface area contributed by atoms with E-state index in [0.29, 0.717) is 6.04 Å². The van der Waals surface area contributed by atoms with Crippen molar-refractivity contribution in [1.82, 2.24) is 10.2 Å². The van der Waals surface area contributed by atoms with Crippen molar-refractivity contribution in [3.05, 3.63) is 29.8 Å². The second-order valence-electron chi connectivity index (χ2n) is 6.28. The number of nitrogens with zero attached hydrogens (tertiary/aromatic N) is 1. The topological polar surface area (TPSA) is 24.5 Å². The molecule has 1 rings (SSSR count). The molecule has 0 saturated heterocycles. The van der Waals surface area contributed by atoms with Gasteiger partial charge in [0.05, 0.1) is 7.11 Å². The summed E-state index contributed by atoms with van der Waals surface area (Å²) in [4.78, 5) is 2.23. The van der Waals surface area contributed by atoms with Gasteiger partial charge in [0.25, 0.3) is 0 Å². The number of hydrogen-bond acceptors (Lipinski definition) is 3. The van der Waals surface area contributed by atoms with Crippen LogP contribution in [0.5, 0.6) is 5.75 Å². The van der Waals surface area contributed by atoms with Gasteiger partial charge in [0.15, 0.2) is 0 Å². The Balaban J connectivity index is 2.57. The highest BCUT2D eigenvalue weighted by atomic mass is 16.5. The summed E-state index contributed by atoms with van der Waals surface area (Å²) in [5.41, 5.74) is 1.52. The zero-order valence-corrected chi connectivity index (χ0v) is 13.2. The van der Waals surface area contributed by atoms with Gasteiger partial charge in [-0.25, -0.2) is 0 Å². The lowest BCUT2D eigenvalue weighted by molar-refractivity contribution is 0.227. The Kier molecular flexibility index (Phi) is 5.83. The van der Waals surface area contributed by atoms with Crippen molar-refractivity contribution in [3.63, 3.8) is 0 Å². The molecule has 0 fully saturated rings. The molecule has 0 aromatic heterocycles. The molecule has 1 unspecified atom stereocenters. The van der Waals surface area contributed by atoms with Crippen LogP contribution in [0.2, 0.25) is 0 Å². The minimum absolute atomic E-state index is 0.261. The lowest BCUT2D eigenvalue weighted by Crippen LogP contribution is -2.38. The fraction of sp³-hybridized carbons (Fsp3) is 0.625. The van der Waals surface area contributed by atoms with Gasteiger partial charge in [0.1, 0.15) is 5.75 Å². The van der Waals surface area contributed by atoms with E-state index < -0.39 is 0 Å². The monoisotopic (exact) mass is 264 g/mol. The fourth-order valence-corrected chi connectivity index (χ4v) is 2.37. The standard InChI is InChI=1S/C16H28N2O/c1-13(14-8-7-9-15(10-14)19-6)17-11-16(2,3)12-18(4)5/h7-10,13,17H,11-12H2,1-6H3. The number of rotatable bonds is 7. The van der Waals surface area contributed by atoms with Gasteiger partial charge in [-0.3, -0.25) is 0 Å². The molecule has 19 heavy (non-hydrogen) atoms. The van der Waals surface area contributed by atoms with E-state index in [1.165, 1.54) is 5.56 Å². The molecule has 1 aromatic rings. The van der Waals surface area contributed by atoms with Crippen LogP contribution in [-0.4, -0.2) is 39.2 Å². The molecule has 0 spiro atoms. The summed E-state index contributed by atoms with van der Waals surface area (Å²) >= 11 is 0. The van der Waals surface area contributed by atoms with Gasteiger partial charge in [-0.2, -0.15) is 0 Å². The van der Waals surface area contributed by atoms with Gasteiger partial charge in [0.2, 0.25) is 0 Å². The maximum atomic E-state index is 5.27. The van der Waals surface area contributed by atoms with Crippen molar-refractivity contribution in [2.75, 3.05) is 34.3 Å². The van der Waals surface area contributed by atoms with Crippen LogP contribution in [-0.2, 0) is 0 Å². The lowest BCUT2D eigenvalue weighted by Gasteiger charge is -2.30.